The Morgan fingerprint density at radius 2 is 1.82 bits per heavy atom. The van der Waals surface area contributed by atoms with Gasteiger partial charge in [-0.3, -0.25) is 0 Å². The van der Waals surface area contributed by atoms with E-state index in [2.05, 4.69) is 10.3 Å². The van der Waals surface area contributed by atoms with Crippen molar-refractivity contribution in [2.75, 3.05) is 18.2 Å². The molecule has 0 aliphatic heterocycles. The Morgan fingerprint density at radius 1 is 1.05 bits per heavy atom. The standard InChI is InChI=1S/C30H28FN5O2/c1-18-13-28(37)29(38-3)16-27(18)36-30(35-19(2)34-23-10-12-26(33)22(14-23)17-32)21-9-11-24(25(31)15-21)20-7-5-4-6-8-20/h4-17,32,37H,33H2,1-3H3,(H,34,35,36). The lowest BCUT2D eigenvalue weighted by Gasteiger charge is -2.12. The predicted molar refractivity (Wildman–Crippen MR) is 153 cm³/mol. The van der Waals surface area contributed by atoms with Gasteiger partial charge in [0.25, 0.3) is 0 Å². The van der Waals surface area contributed by atoms with E-state index in [9.17, 15) is 5.11 Å². The Kier molecular flexibility index (Phi) is 7.82. The number of aromatic hydroxyl groups is 1. The van der Waals surface area contributed by atoms with Gasteiger partial charge >= 0.3 is 0 Å². The molecular weight excluding hydrogens is 481 g/mol. The Morgan fingerprint density at radius 3 is 2.50 bits per heavy atom. The lowest BCUT2D eigenvalue weighted by atomic mass is 10.0. The van der Waals surface area contributed by atoms with Crippen LogP contribution in [0.5, 0.6) is 11.5 Å². The van der Waals surface area contributed by atoms with Crippen LogP contribution in [0.2, 0.25) is 0 Å². The smallest absolute Gasteiger partial charge is 0.162 e. The molecule has 7 nitrogen and oxygen atoms in total. The van der Waals surface area contributed by atoms with Gasteiger partial charge in [-0.05, 0) is 55.3 Å². The summed E-state index contributed by atoms with van der Waals surface area (Å²) in [7, 11) is 1.46. The number of phenolic OH excluding ortho intramolecular Hbond substituents is 1. The lowest BCUT2D eigenvalue weighted by Crippen LogP contribution is -2.12. The van der Waals surface area contributed by atoms with Gasteiger partial charge in [-0.15, -0.1) is 0 Å². The fourth-order valence-corrected chi connectivity index (χ4v) is 3.89. The van der Waals surface area contributed by atoms with Gasteiger partial charge in [0.15, 0.2) is 17.3 Å². The van der Waals surface area contributed by atoms with Crippen molar-refractivity contribution in [3.63, 3.8) is 0 Å². The number of rotatable bonds is 6. The molecule has 8 heteroatoms. The van der Waals surface area contributed by atoms with Gasteiger partial charge in [0, 0.05) is 40.3 Å². The molecule has 0 spiro atoms. The number of nitrogens with two attached hydrogens (primary N) is 1. The number of aliphatic imine (C=N–C) groups is 2. The average molecular weight is 510 g/mol. The van der Waals surface area contributed by atoms with E-state index in [1.165, 1.54) is 19.4 Å². The number of amidine groups is 2. The van der Waals surface area contributed by atoms with Crippen molar-refractivity contribution in [1.29, 1.82) is 5.41 Å². The number of ether oxygens (including phenoxy) is 1. The maximum atomic E-state index is 15.3. The number of nitrogens with zero attached hydrogens (tertiary/aromatic N) is 2. The number of nitrogens with one attached hydrogen (secondary N) is 2. The third-order valence-corrected chi connectivity index (χ3v) is 5.88. The topological polar surface area (TPSA) is 116 Å². The van der Waals surface area contributed by atoms with Gasteiger partial charge in [-0.2, -0.15) is 0 Å². The monoisotopic (exact) mass is 509 g/mol. The molecular formula is C30H28FN5O2. The summed E-state index contributed by atoms with van der Waals surface area (Å²) < 4.78 is 20.5. The third-order valence-electron chi connectivity index (χ3n) is 5.88. The molecule has 0 heterocycles. The van der Waals surface area contributed by atoms with Crippen molar-refractivity contribution < 1.29 is 14.2 Å². The molecule has 4 aromatic carbocycles. The van der Waals surface area contributed by atoms with Crippen LogP contribution in [0.1, 0.15) is 23.6 Å². The van der Waals surface area contributed by atoms with Crippen LogP contribution >= 0.6 is 0 Å². The van der Waals surface area contributed by atoms with Crippen LogP contribution in [0.15, 0.2) is 88.8 Å². The second-order valence-electron chi connectivity index (χ2n) is 8.62. The zero-order chi connectivity index (χ0) is 27.2. The van der Waals surface area contributed by atoms with Gasteiger partial charge in [-0.1, -0.05) is 42.5 Å². The summed E-state index contributed by atoms with van der Waals surface area (Å²) in [4.78, 5) is 9.40. The molecule has 0 atom stereocenters. The van der Waals surface area contributed by atoms with E-state index < -0.39 is 5.82 Å². The van der Waals surface area contributed by atoms with E-state index >= 15 is 4.39 Å². The van der Waals surface area contributed by atoms with E-state index in [4.69, 9.17) is 20.9 Å². The zero-order valence-electron chi connectivity index (χ0n) is 21.3. The van der Waals surface area contributed by atoms with Gasteiger partial charge in [0.2, 0.25) is 0 Å². The first-order valence-electron chi connectivity index (χ1n) is 11.8. The molecule has 0 unspecified atom stereocenters. The molecule has 4 aromatic rings. The first-order chi connectivity index (χ1) is 18.3. The molecule has 0 saturated heterocycles. The first-order valence-corrected chi connectivity index (χ1v) is 11.8. The van der Waals surface area contributed by atoms with Crippen LogP contribution < -0.4 is 15.8 Å². The summed E-state index contributed by atoms with van der Waals surface area (Å²) in [5.41, 5.74) is 10.6. The highest BCUT2D eigenvalue weighted by atomic mass is 19.1. The van der Waals surface area contributed by atoms with Gasteiger partial charge in [0.05, 0.1) is 12.8 Å². The van der Waals surface area contributed by atoms with E-state index in [-0.39, 0.29) is 17.3 Å². The lowest BCUT2D eigenvalue weighted by molar-refractivity contribution is 0.373. The Labute approximate surface area is 220 Å². The summed E-state index contributed by atoms with van der Waals surface area (Å²) in [5, 5.41) is 20.8. The van der Waals surface area contributed by atoms with Crippen molar-refractivity contribution in [3.8, 4) is 22.6 Å². The highest BCUT2D eigenvalue weighted by Crippen LogP contribution is 2.34. The summed E-state index contributed by atoms with van der Waals surface area (Å²) in [5.74, 6) is 0.596. The minimum Gasteiger partial charge on any atom is -0.504 e. The van der Waals surface area contributed by atoms with E-state index in [0.717, 1.165) is 5.56 Å². The molecule has 0 aliphatic carbocycles. The third kappa shape index (κ3) is 5.87. The van der Waals surface area contributed by atoms with Crippen LogP contribution in [0.25, 0.3) is 11.1 Å². The highest BCUT2D eigenvalue weighted by molar-refractivity contribution is 6.10. The molecule has 0 aromatic heterocycles. The van der Waals surface area contributed by atoms with Gasteiger partial charge in [-0.25, -0.2) is 14.4 Å². The number of benzene rings is 4. The molecule has 4 rings (SSSR count). The maximum absolute atomic E-state index is 15.3. The van der Waals surface area contributed by atoms with Crippen LogP contribution in [0.3, 0.4) is 0 Å². The molecule has 0 fully saturated rings. The zero-order valence-corrected chi connectivity index (χ0v) is 21.3. The molecule has 0 bridgehead atoms. The van der Waals surface area contributed by atoms with E-state index in [1.54, 1.807) is 56.3 Å². The highest BCUT2D eigenvalue weighted by Gasteiger charge is 2.13. The van der Waals surface area contributed by atoms with Crippen LogP contribution in [0.4, 0.5) is 21.5 Å². The second-order valence-corrected chi connectivity index (χ2v) is 8.62. The Balaban J connectivity index is 1.79. The number of aryl methyl sites for hydroxylation is 1. The first kappa shape index (κ1) is 26.1. The van der Waals surface area contributed by atoms with Crippen molar-refractivity contribution >= 4 is 34.9 Å². The number of halogens is 1. The van der Waals surface area contributed by atoms with Gasteiger partial charge < -0.3 is 26.3 Å². The van der Waals surface area contributed by atoms with Crippen molar-refractivity contribution in [3.05, 3.63) is 101 Å². The number of nitrogen functional groups attached to an aromatic ring is 1. The number of phenols is 1. The minimum atomic E-state index is -0.406. The Hall–Kier alpha value is -4.98. The van der Waals surface area contributed by atoms with Crippen LogP contribution in [0, 0.1) is 18.2 Å². The molecule has 38 heavy (non-hydrogen) atoms. The van der Waals surface area contributed by atoms with Crippen LogP contribution in [-0.2, 0) is 0 Å². The van der Waals surface area contributed by atoms with Crippen LogP contribution in [-0.4, -0.2) is 30.1 Å². The minimum absolute atomic E-state index is 0.00420. The van der Waals surface area contributed by atoms with Crippen molar-refractivity contribution in [2.24, 2.45) is 9.98 Å². The molecule has 0 saturated carbocycles. The fraction of sp³-hybridized carbons (Fsp3) is 0.100. The summed E-state index contributed by atoms with van der Waals surface area (Å²) in [6.45, 7) is 3.56. The van der Waals surface area contributed by atoms with Crippen molar-refractivity contribution in [2.45, 2.75) is 13.8 Å². The predicted octanol–water partition coefficient (Wildman–Crippen LogP) is 6.70. The average Bonchev–Trinajstić information content (AvgIpc) is 2.91. The molecule has 5 N–H and O–H groups in total. The molecule has 0 aliphatic rings. The summed E-state index contributed by atoms with van der Waals surface area (Å²) in [6.07, 6.45) is 1.18. The number of hydrogen-bond donors (Lipinski definition) is 4. The van der Waals surface area contributed by atoms with Gasteiger partial charge in [0.1, 0.15) is 11.7 Å². The number of anilines is 2. The van der Waals surface area contributed by atoms with E-state index in [0.29, 0.717) is 45.2 Å². The molecule has 0 radical (unpaired) electrons. The largest absolute Gasteiger partial charge is 0.504 e. The number of hydrogen-bond acceptors (Lipinski definition) is 5. The fourth-order valence-electron chi connectivity index (χ4n) is 3.89. The van der Waals surface area contributed by atoms with E-state index in [1.807, 2.05) is 30.3 Å². The Bertz CT molecular complexity index is 1550. The molecule has 192 valence electrons. The quantitative estimate of drug-likeness (QED) is 0.131. The number of methoxy groups -OCH3 is 1. The molecule has 0 amide bonds. The second kappa shape index (κ2) is 11.4. The maximum Gasteiger partial charge on any atom is 0.162 e. The summed E-state index contributed by atoms with van der Waals surface area (Å²) >= 11 is 0. The van der Waals surface area contributed by atoms with Crippen molar-refractivity contribution in [1.82, 2.24) is 0 Å². The SMILES string of the molecule is COc1cc(N=C(N=C(C)Nc2ccc(N)c(C=N)c2)c2ccc(-c3ccccc3)c(F)c2)c(C)cc1O. The normalized spacial score (nSPS) is 11.8. The summed E-state index contributed by atoms with van der Waals surface area (Å²) in [6, 6.07) is 22.5.